The second kappa shape index (κ2) is 15.4. The molecule has 10 aromatic rings. The smallest absolute Gasteiger partial charge is 0.126 e. The number of hydrogen-bond donors (Lipinski definition) is 2. The molecule has 0 saturated heterocycles. The molecule has 0 aromatic heterocycles. The van der Waals surface area contributed by atoms with Crippen molar-refractivity contribution in [3.8, 4) is 22.6 Å². The summed E-state index contributed by atoms with van der Waals surface area (Å²) < 4.78 is 0. The van der Waals surface area contributed by atoms with Gasteiger partial charge in [-0.15, -0.1) is 0 Å². The lowest BCUT2D eigenvalue weighted by Crippen LogP contribution is -2.29. The van der Waals surface area contributed by atoms with Crippen molar-refractivity contribution in [1.82, 2.24) is 0 Å². The Hall–Kier alpha value is -7.16. The van der Waals surface area contributed by atoms with Crippen LogP contribution >= 0.6 is 0 Å². The predicted molar refractivity (Wildman–Crippen MR) is 261 cm³/mol. The van der Waals surface area contributed by atoms with Crippen molar-refractivity contribution in [2.45, 2.75) is 51.4 Å². The highest BCUT2D eigenvalue weighted by atomic mass is 16.3. The third-order valence-corrected chi connectivity index (χ3v) is 13.9. The van der Waals surface area contributed by atoms with Crippen LogP contribution in [-0.4, -0.2) is 10.2 Å². The number of rotatable bonds is 9. The Bertz CT molecular complexity index is 3160. The molecule has 0 saturated carbocycles. The van der Waals surface area contributed by atoms with Crippen LogP contribution in [0.1, 0.15) is 71.7 Å². The van der Waals surface area contributed by atoms with E-state index in [9.17, 15) is 10.2 Å². The van der Waals surface area contributed by atoms with Crippen LogP contribution in [0, 0.1) is 6.92 Å². The Morgan fingerprint density at radius 1 is 0.403 bits per heavy atom. The summed E-state index contributed by atoms with van der Waals surface area (Å²) in [7, 11) is 0. The van der Waals surface area contributed by atoms with E-state index in [4.69, 9.17) is 0 Å². The Labute approximate surface area is 364 Å². The summed E-state index contributed by atoms with van der Waals surface area (Å²) in [4.78, 5) is 0. The third kappa shape index (κ3) is 6.00. The van der Waals surface area contributed by atoms with Crippen LogP contribution in [0.15, 0.2) is 194 Å². The highest BCUT2D eigenvalue weighted by Crippen LogP contribution is 2.52. The van der Waals surface area contributed by atoms with E-state index in [0.717, 1.165) is 28.7 Å². The number of hydrogen-bond acceptors (Lipinski definition) is 2. The topological polar surface area (TPSA) is 40.5 Å². The van der Waals surface area contributed by atoms with Gasteiger partial charge in [0.2, 0.25) is 0 Å². The minimum absolute atomic E-state index is 0.166. The minimum atomic E-state index is -0.672. The van der Waals surface area contributed by atoms with Crippen molar-refractivity contribution in [3.05, 3.63) is 239 Å². The van der Waals surface area contributed by atoms with Gasteiger partial charge in [-0.1, -0.05) is 196 Å². The molecule has 0 aliphatic heterocycles. The number of benzene rings is 10. The Balaban J connectivity index is 1.30. The van der Waals surface area contributed by atoms with Crippen LogP contribution in [-0.2, 0) is 17.3 Å². The highest BCUT2D eigenvalue weighted by molar-refractivity contribution is 5.95. The molecule has 0 bridgehead atoms. The number of aromatic hydroxyl groups is 2. The summed E-state index contributed by atoms with van der Waals surface area (Å²) in [5, 5.41) is 34.3. The lowest BCUT2D eigenvalue weighted by atomic mass is 9.64. The van der Waals surface area contributed by atoms with E-state index in [1.54, 1.807) is 0 Å². The first-order valence-electron chi connectivity index (χ1n) is 21.9. The van der Waals surface area contributed by atoms with Gasteiger partial charge < -0.3 is 10.2 Å². The zero-order valence-electron chi connectivity index (χ0n) is 35.8. The van der Waals surface area contributed by atoms with E-state index < -0.39 is 10.8 Å². The molecule has 0 aliphatic rings. The molecular weight excluding hydrogens is 753 g/mol. The summed E-state index contributed by atoms with van der Waals surface area (Å²) >= 11 is 0. The molecule has 0 heterocycles. The van der Waals surface area contributed by atoms with E-state index in [2.05, 4.69) is 215 Å². The lowest BCUT2D eigenvalue weighted by molar-refractivity contribution is 0.462. The van der Waals surface area contributed by atoms with E-state index in [1.807, 2.05) is 6.92 Å². The quantitative estimate of drug-likeness (QED) is 0.143. The number of fused-ring (bicyclic) bond motifs is 4. The van der Waals surface area contributed by atoms with Crippen LogP contribution in [0.4, 0.5) is 0 Å². The third-order valence-electron chi connectivity index (χ3n) is 13.9. The highest BCUT2D eigenvalue weighted by Gasteiger charge is 2.39. The predicted octanol–water partition coefficient (Wildman–Crippen LogP) is 15.3. The van der Waals surface area contributed by atoms with Gasteiger partial charge in [-0.05, 0) is 126 Å². The van der Waals surface area contributed by atoms with Crippen molar-refractivity contribution < 1.29 is 10.2 Å². The molecule has 0 atom stereocenters. The maximum atomic E-state index is 12.5. The van der Waals surface area contributed by atoms with Gasteiger partial charge in [-0.25, -0.2) is 0 Å². The first kappa shape index (κ1) is 39.0. The minimum Gasteiger partial charge on any atom is -0.507 e. The number of phenols is 2. The standard InChI is InChI=1S/C60H50O2/c1-5-40-36-46(60(6-2,55-33-17-25-43-21-9-13-29-49(43)55)56-34-18-26-44-22-10-14-30-50(44)56)38-52(58(40)62)51-37-45(35-39(3)57(51)61)59(4,53-31-15-23-41-19-7-11-27-47(41)53)54-32-16-24-42-20-8-12-28-48(42)54/h7-38,61-62H,5-6H2,1-4H3. The number of aryl methyl sites for hydroxylation is 2. The molecule has 0 spiro atoms. The largest absolute Gasteiger partial charge is 0.507 e. The van der Waals surface area contributed by atoms with Gasteiger partial charge in [-0.2, -0.15) is 0 Å². The Morgan fingerprint density at radius 3 is 1.21 bits per heavy atom. The average Bonchev–Trinajstić information content (AvgIpc) is 3.32. The van der Waals surface area contributed by atoms with Gasteiger partial charge in [0, 0.05) is 22.0 Å². The molecule has 0 aliphatic carbocycles. The van der Waals surface area contributed by atoms with Gasteiger partial charge >= 0.3 is 0 Å². The first-order valence-corrected chi connectivity index (χ1v) is 21.9. The molecule has 10 rings (SSSR count). The molecular formula is C60H50O2. The fourth-order valence-electron chi connectivity index (χ4n) is 10.7. The maximum absolute atomic E-state index is 12.5. The van der Waals surface area contributed by atoms with Crippen LogP contribution < -0.4 is 0 Å². The van der Waals surface area contributed by atoms with Crippen molar-refractivity contribution >= 4 is 43.1 Å². The molecule has 0 radical (unpaired) electrons. The van der Waals surface area contributed by atoms with Crippen LogP contribution in [0.3, 0.4) is 0 Å². The van der Waals surface area contributed by atoms with Crippen LogP contribution in [0.25, 0.3) is 54.2 Å². The first-order chi connectivity index (χ1) is 30.3. The van der Waals surface area contributed by atoms with Gasteiger partial charge in [0.05, 0.1) is 0 Å². The molecule has 2 nitrogen and oxygen atoms in total. The van der Waals surface area contributed by atoms with E-state index >= 15 is 0 Å². The summed E-state index contributed by atoms with van der Waals surface area (Å²) in [5.74, 6) is 0.361. The van der Waals surface area contributed by atoms with Crippen molar-refractivity contribution in [3.63, 3.8) is 0 Å². The maximum Gasteiger partial charge on any atom is 0.126 e. The molecule has 0 unspecified atom stereocenters. The SMILES string of the molecule is CCc1cc(C(CC)(c2cccc3ccccc23)c2cccc3ccccc23)cc(-c2cc(C(C)(c3cccc4ccccc34)c3cccc4ccccc34)cc(C)c2O)c1O. The van der Waals surface area contributed by atoms with E-state index in [0.29, 0.717) is 17.5 Å². The van der Waals surface area contributed by atoms with E-state index in [1.165, 1.54) is 65.3 Å². The fourth-order valence-corrected chi connectivity index (χ4v) is 10.7. The lowest BCUT2D eigenvalue weighted by Gasteiger charge is -2.38. The molecule has 62 heavy (non-hydrogen) atoms. The second-order valence-electron chi connectivity index (χ2n) is 17.1. The van der Waals surface area contributed by atoms with Crippen molar-refractivity contribution in [2.24, 2.45) is 0 Å². The van der Waals surface area contributed by atoms with Crippen molar-refractivity contribution in [2.75, 3.05) is 0 Å². The normalized spacial score (nSPS) is 12.1. The zero-order chi connectivity index (χ0) is 42.6. The van der Waals surface area contributed by atoms with Crippen molar-refractivity contribution in [1.29, 1.82) is 0 Å². The summed E-state index contributed by atoms with van der Waals surface area (Å²) in [6.45, 7) is 8.69. The molecule has 302 valence electrons. The van der Waals surface area contributed by atoms with Gasteiger partial charge in [0.25, 0.3) is 0 Å². The summed E-state index contributed by atoms with van der Waals surface area (Å²) in [6, 6.07) is 69.7. The molecule has 0 fully saturated rings. The Morgan fingerprint density at radius 2 is 0.774 bits per heavy atom. The zero-order valence-corrected chi connectivity index (χ0v) is 35.8. The van der Waals surface area contributed by atoms with Crippen LogP contribution in [0.2, 0.25) is 0 Å². The molecule has 10 aromatic carbocycles. The van der Waals surface area contributed by atoms with Gasteiger partial charge in [0.1, 0.15) is 11.5 Å². The number of phenolic OH excluding ortho intramolecular Hbond substituents is 2. The average molecular weight is 803 g/mol. The summed E-state index contributed by atoms with van der Waals surface area (Å²) in [6.07, 6.45) is 1.37. The molecule has 0 amide bonds. The molecule has 2 N–H and O–H groups in total. The van der Waals surface area contributed by atoms with E-state index in [-0.39, 0.29) is 11.5 Å². The van der Waals surface area contributed by atoms with Gasteiger partial charge in [-0.3, -0.25) is 0 Å². The Kier molecular flexibility index (Phi) is 9.68. The second-order valence-corrected chi connectivity index (χ2v) is 17.1. The molecule has 2 heteroatoms. The monoisotopic (exact) mass is 802 g/mol. The summed E-state index contributed by atoms with van der Waals surface area (Å²) in [5.41, 5.74) is 8.39. The van der Waals surface area contributed by atoms with Gasteiger partial charge in [0.15, 0.2) is 0 Å². The fraction of sp³-hybridized carbons (Fsp3) is 0.133. The van der Waals surface area contributed by atoms with Crippen LogP contribution in [0.5, 0.6) is 11.5 Å².